The number of guanidine groups is 1. The molecular formula is C27H22FN4O2+. The Hall–Kier alpha value is -4.26. The first-order valence-electron chi connectivity index (χ1n) is 11.2. The third kappa shape index (κ3) is 3.75. The first-order chi connectivity index (χ1) is 16.6. The van der Waals surface area contributed by atoms with E-state index < -0.39 is 0 Å². The van der Waals surface area contributed by atoms with Crippen molar-refractivity contribution in [3.63, 3.8) is 0 Å². The Labute approximate surface area is 195 Å². The molecule has 2 aliphatic rings. The van der Waals surface area contributed by atoms with Gasteiger partial charge in [-0.3, -0.25) is 9.79 Å². The fourth-order valence-electron chi connectivity index (χ4n) is 4.75. The van der Waals surface area contributed by atoms with Crippen LogP contribution in [0.4, 0.5) is 10.4 Å². The van der Waals surface area contributed by atoms with E-state index in [1.165, 1.54) is 12.1 Å². The second kappa shape index (κ2) is 8.26. The van der Waals surface area contributed by atoms with Gasteiger partial charge in [0.2, 0.25) is 0 Å². The summed E-state index contributed by atoms with van der Waals surface area (Å²) in [5, 5.41) is 6.57. The molecule has 1 aliphatic carbocycles. The summed E-state index contributed by atoms with van der Waals surface area (Å²) in [6, 6.07) is 23.9. The number of allylic oxidation sites excluding steroid dienone is 1. The summed E-state index contributed by atoms with van der Waals surface area (Å²) in [6.45, 7) is 0. The van der Waals surface area contributed by atoms with Gasteiger partial charge >= 0.3 is 12.0 Å². The number of rotatable bonds is 3. The Kier molecular flexibility index (Phi) is 4.95. The molecule has 0 saturated carbocycles. The maximum Gasteiger partial charge on any atom is 0.365 e. The lowest BCUT2D eigenvalue weighted by Crippen LogP contribution is -2.82. The van der Waals surface area contributed by atoms with Gasteiger partial charge in [0.25, 0.3) is 0 Å². The van der Waals surface area contributed by atoms with E-state index in [2.05, 4.69) is 20.6 Å². The van der Waals surface area contributed by atoms with Crippen LogP contribution in [-0.2, 0) is 4.79 Å². The molecule has 0 unspecified atom stereocenters. The van der Waals surface area contributed by atoms with E-state index in [0.717, 1.165) is 27.9 Å². The van der Waals surface area contributed by atoms with Gasteiger partial charge in [0.05, 0.1) is 11.3 Å². The van der Waals surface area contributed by atoms with Crippen LogP contribution >= 0.6 is 0 Å². The van der Waals surface area contributed by atoms with Crippen molar-refractivity contribution in [2.24, 2.45) is 0 Å². The van der Waals surface area contributed by atoms with Gasteiger partial charge in [-0.05, 0) is 41.3 Å². The number of benzene rings is 3. The van der Waals surface area contributed by atoms with Crippen molar-refractivity contribution in [1.29, 1.82) is 0 Å². The number of hydrogen-bond acceptors (Lipinski definition) is 5. The SMILES string of the molecule is O=C1C[C@H](c2ccc(F)cc2)CC2=C1[C@H](c1ccccc1)[NH+]=C(Nc1nc3ccccc3o1)N2. The molecule has 0 saturated heterocycles. The van der Waals surface area contributed by atoms with Crippen molar-refractivity contribution >= 4 is 28.9 Å². The Morgan fingerprint density at radius 3 is 2.50 bits per heavy atom. The van der Waals surface area contributed by atoms with Gasteiger partial charge in [0.15, 0.2) is 11.4 Å². The Morgan fingerprint density at radius 1 is 0.941 bits per heavy atom. The van der Waals surface area contributed by atoms with Gasteiger partial charge in [0.1, 0.15) is 17.4 Å². The van der Waals surface area contributed by atoms with E-state index in [9.17, 15) is 9.18 Å². The zero-order chi connectivity index (χ0) is 23.1. The fraction of sp³-hybridized carbons (Fsp3) is 0.148. The van der Waals surface area contributed by atoms with E-state index in [-0.39, 0.29) is 23.6 Å². The highest BCUT2D eigenvalue weighted by atomic mass is 19.1. The van der Waals surface area contributed by atoms with E-state index in [0.29, 0.717) is 30.4 Å². The Bertz CT molecular complexity index is 1410. The third-order valence-electron chi connectivity index (χ3n) is 6.36. The number of nitrogens with one attached hydrogen (secondary N) is 3. The Morgan fingerprint density at radius 2 is 1.71 bits per heavy atom. The average Bonchev–Trinajstić information content (AvgIpc) is 3.26. The molecule has 3 N–H and O–H groups in total. The maximum atomic E-state index is 13.5. The van der Waals surface area contributed by atoms with E-state index in [1.807, 2.05) is 54.6 Å². The number of ketones is 1. The third-order valence-corrected chi connectivity index (χ3v) is 6.36. The minimum absolute atomic E-state index is 0.0283. The predicted octanol–water partition coefficient (Wildman–Crippen LogP) is 3.56. The summed E-state index contributed by atoms with van der Waals surface area (Å²) in [5.41, 5.74) is 4.95. The highest BCUT2D eigenvalue weighted by molar-refractivity contribution is 6.01. The molecule has 3 aromatic carbocycles. The summed E-state index contributed by atoms with van der Waals surface area (Å²) < 4.78 is 19.3. The van der Waals surface area contributed by atoms with Crippen LogP contribution in [-0.4, -0.2) is 16.7 Å². The van der Waals surface area contributed by atoms with Crippen LogP contribution < -0.4 is 15.6 Å². The van der Waals surface area contributed by atoms with Crippen molar-refractivity contribution < 1.29 is 18.6 Å². The summed E-state index contributed by atoms with van der Waals surface area (Å²) >= 11 is 0. The molecule has 2 heterocycles. The van der Waals surface area contributed by atoms with Crippen molar-refractivity contribution in [2.45, 2.75) is 24.8 Å². The molecule has 34 heavy (non-hydrogen) atoms. The summed E-state index contributed by atoms with van der Waals surface area (Å²) in [5.74, 6) is 0.351. The molecule has 0 bridgehead atoms. The number of nitrogens with zero attached hydrogens (tertiary/aromatic N) is 1. The number of anilines is 1. The van der Waals surface area contributed by atoms with Gasteiger partial charge in [-0.2, -0.15) is 10.3 Å². The molecule has 168 valence electrons. The molecule has 0 fully saturated rings. The van der Waals surface area contributed by atoms with Crippen LogP contribution in [0, 0.1) is 5.82 Å². The largest absolute Gasteiger partial charge is 0.412 e. The first kappa shape index (κ1) is 20.4. The molecule has 6 rings (SSSR count). The molecule has 0 spiro atoms. The monoisotopic (exact) mass is 453 g/mol. The van der Waals surface area contributed by atoms with Crippen LogP contribution in [0.1, 0.15) is 35.9 Å². The van der Waals surface area contributed by atoms with Gasteiger partial charge in [-0.15, -0.1) is 0 Å². The van der Waals surface area contributed by atoms with Crippen LogP contribution in [0.3, 0.4) is 0 Å². The van der Waals surface area contributed by atoms with Gasteiger partial charge in [0, 0.05) is 12.8 Å². The van der Waals surface area contributed by atoms with E-state index in [1.54, 1.807) is 12.1 Å². The van der Waals surface area contributed by atoms with E-state index in [4.69, 9.17) is 4.42 Å². The number of carbonyl (C=O) groups is 1. The molecule has 2 atom stereocenters. The van der Waals surface area contributed by atoms with Crippen LogP contribution in [0.15, 0.2) is 94.6 Å². The summed E-state index contributed by atoms with van der Waals surface area (Å²) in [7, 11) is 0. The van der Waals surface area contributed by atoms with Crippen molar-refractivity contribution in [3.05, 3.63) is 107 Å². The van der Waals surface area contributed by atoms with Crippen molar-refractivity contribution in [2.75, 3.05) is 5.32 Å². The minimum atomic E-state index is -0.314. The normalized spacial score (nSPS) is 20.0. The van der Waals surface area contributed by atoms with Crippen molar-refractivity contribution in [1.82, 2.24) is 10.3 Å². The summed E-state index contributed by atoms with van der Waals surface area (Å²) in [6.07, 6.45) is 1.02. The summed E-state index contributed by atoms with van der Waals surface area (Å²) in [4.78, 5) is 21.3. The van der Waals surface area contributed by atoms with Crippen LogP contribution in [0.5, 0.6) is 0 Å². The maximum absolute atomic E-state index is 13.5. The number of oxazole rings is 1. The zero-order valence-corrected chi connectivity index (χ0v) is 18.2. The predicted molar refractivity (Wildman–Crippen MR) is 126 cm³/mol. The molecular weight excluding hydrogens is 431 g/mol. The van der Waals surface area contributed by atoms with Gasteiger partial charge in [-0.1, -0.05) is 54.6 Å². The molecule has 0 amide bonds. The molecule has 7 heteroatoms. The van der Waals surface area contributed by atoms with Crippen LogP contribution in [0.25, 0.3) is 11.1 Å². The Balaban J connectivity index is 1.36. The van der Waals surface area contributed by atoms with E-state index >= 15 is 0 Å². The number of hydrogen-bond donors (Lipinski definition) is 3. The number of carbonyl (C=O) groups excluding carboxylic acids is 1. The lowest BCUT2D eigenvalue weighted by atomic mass is 9.78. The molecule has 4 aromatic rings. The zero-order valence-electron chi connectivity index (χ0n) is 18.2. The van der Waals surface area contributed by atoms with Gasteiger partial charge < -0.3 is 4.42 Å². The second-order valence-corrected chi connectivity index (χ2v) is 8.57. The molecule has 1 aromatic heterocycles. The smallest absolute Gasteiger partial charge is 0.365 e. The molecule has 0 radical (unpaired) electrons. The number of halogens is 1. The second-order valence-electron chi connectivity index (χ2n) is 8.57. The number of para-hydroxylation sites is 2. The number of Topliss-reactive ketones (excluding diaryl/α,β-unsaturated/α-hetero) is 1. The minimum Gasteiger partial charge on any atom is -0.412 e. The topological polar surface area (TPSA) is 81.1 Å². The highest BCUT2D eigenvalue weighted by Gasteiger charge is 2.39. The lowest BCUT2D eigenvalue weighted by Gasteiger charge is -2.30. The van der Waals surface area contributed by atoms with Crippen molar-refractivity contribution in [3.8, 4) is 0 Å². The first-order valence-corrected chi connectivity index (χ1v) is 11.2. The van der Waals surface area contributed by atoms with Crippen LogP contribution in [0.2, 0.25) is 0 Å². The highest BCUT2D eigenvalue weighted by Crippen LogP contribution is 2.37. The van der Waals surface area contributed by atoms with Gasteiger partial charge in [-0.25, -0.2) is 9.71 Å². The number of aromatic nitrogens is 1. The molecule has 6 nitrogen and oxygen atoms in total. The lowest BCUT2D eigenvalue weighted by molar-refractivity contribution is -0.501. The molecule has 1 aliphatic heterocycles. The number of fused-ring (bicyclic) bond motifs is 1. The average molecular weight is 453 g/mol. The quantitative estimate of drug-likeness (QED) is 0.442. The standard InChI is InChI=1S/C27H21FN4O2/c28-19-12-10-16(11-13-19)18-14-21-24(22(33)15-18)25(17-6-2-1-3-7-17)31-26(29-21)32-27-30-20-8-4-5-9-23(20)34-27/h1-13,18,25H,14-15H2,(H2,29,30,31,32)/p+1/t18-,25+/m1/s1. The fourth-order valence-corrected chi connectivity index (χ4v) is 4.75.